The number of benzene rings is 2. The fourth-order valence-electron chi connectivity index (χ4n) is 3.96. The normalized spacial score (nSPS) is 11.7. The molecule has 0 bridgehead atoms. The molecule has 0 aliphatic rings. The molecule has 2 rings (SSSR count). The number of rotatable bonds is 14. The van der Waals surface area contributed by atoms with Crippen molar-refractivity contribution in [2.75, 3.05) is 19.8 Å². The number of carbonyl (C=O) groups is 2. The summed E-state index contributed by atoms with van der Waals surface area (Å²) < 4.78 is 11.4. The first-order valence-corrected chi connectivity index (χ1v) is 12.8. The molecular weight excluding hydrogens is 440 g/mol. The predicted octanol–water partition coefficient (Wildman–Crippen LogP) is 5.30. The van der Waals surface area contributed by atoms with Gasteiger partial charge in [0.15, 0.2) is 11.5 Å². The second-order valence-corrected chi connectivity index (χ2v) is 9.16. The van der Waals surface area contributed by atoms with E-state index in [4.69, 9.17) is 9.47 Å². The van der Waals surface area contributed by atoms with Gasteiger partial charge in [0.25, 0.3) is 0 Å². The molecule has 35 heavy (non-hydrogen) atoms. The van der Waals surface area contributed by atoms with Crippen LogP contribution < -0.4 is 14.8 Å². The number of nitrogens with one attached hydrogen (secondary N) is 1. The van der Waals surface area contributed by atoms with Crippen LogP contribution in [-0.4, -0.2) is 42.5 Å². The van der Waals surface area contributed by atoms with Gasteiger partial charge >= 0.3 is 0 Å². The topological polar surface area (TPSA) is 67.9 Å². The number of hydrogen-bond acceptors (Lipinski definition) is 4. The number of nitrogens with zero attached hydrogens (tertiary/aromatic N) is 1. The molecule has 6 heteroatoms. The van der Waals surface area contributed by atoms with Crippen molar-refractivity contribution < 1.29 is 19.1 Å². The van der Waals surface area contributed by atoms with Gasteiger partial charge in [-0.15, -0.1) is 0 Å². The summed E-state index contributed by atoms with van der Waals surface area (Å²) in [5.74, 6) is 1.61. The van der Waals surface area contributed by atoms with Crippen LogP contribution in [0.3, 0.4) is 0 Å². The Morgan fingerprint density at radius 2 is 1.66 bits per heavy atom. The first-order valence-electron chi connectivity index (χ1n) is 12.8. The predicted molar refractivity (Wildman–Crippen MR) is 141 cm³/mol. The van der Waals surface area contributed by atoms with Crippen LogP contribution in [0.25, 0.3) is 0 Å². The van der Waals surface area contributed by atoms with Crippen LogP contribution in [0.1, 0.15) is 64.2 Å². The largest absolute Gasteiger partial charge is 0.490 e. The highest BCUT2D eigenvalue weighted by molar-refractivity contribution is 5.87. The summed E-state index contributed by atoms with van der Waals surface area (Å²) in [5.41, 5.74) is 3.16. The summed E-state index contributed by atoms with van der Waals surface area (Å²) in [6, 6.07) is 13.3. The van der Waals surface area contributed by atoms with Crippen molar-refractivity contribution in [2.45, 2.75) is 73.4 Å². The molecule has 1 atom stereocenters. The van der Waals surface area contributed by atoms with E-state index in [0.717, 1.165) is 16.7 Å². The average molecular weight is 483 g/mol. The number of aryl methyl sites for hydroxylation is 2. The molecule has 1 N–H and O–H groups in total. The standard InChI is InChI=1S/C29H42N2O4/c1-7-25(29(33)30-19-21(4)5)31(20-24-13-11-10-12-22(24)6)28(32)17-15-23-14-16-26(34-8-2)27(18-23)35-9-3/h10-14,16,18,21,25H,7-9,15,17,19-20H2,1-6H3,(H,30,33)/t25-/m1/s1. The number of amides is 2. The van der Waals surface area contributed by atoms with Crippen molar-refractivity contribution >= 4 is 11.8 Å². The van der Waals surface area contributed by atoms with Gasteiger partial charge in [-0.3, -0.25) is 9.59 Å². The Labute approximate surface area is 211 Å². The molecule has 2 amide bonds. The van der Waals surface area contributed by atoms with Crippen LogP contribution in [0.2, 0.25) is 0 Å². The molecule has 0 heterocycles. The van der Waals surface area contributed by atoms with E-state index in [1.54, 1.807) is 4.90 Å². The molecule has 0 radical (unpaired) electrons. The van der Waals surface area contributed by atoms with Crippen molar-refractivity contribution in [1.29, 1.82) is 0 Å². The Balaban J connectivity index is 2.23. The molecule has 0 aromatic heterocycles. The van der Waals surface area contributed by atoms with E-state index in [2.05, 4.69) is 19.2 Å². The molecule has 0 saturated heterocycles. The third-order valence-corrected chi connectivity index (χ3v) is 5.91. The molecular formula is C29H42N2O4. The van der Waals surface area contributed by atoms with Gasteiger partial charge in [-0.2, -0.15) is 0 Å². The average Bonchev–Trinajstić information content (AvgIpc) is 2.84. The molecule has 0 aliphatic heterocycles. The number of hydrogen-bond donors (Lipinski definition) is 1. The summed E-state index contributed by atoms with van der Waals surface area (Å²) in [7, 11) is 0. The highest BCUT2D eigenvalue weighted by Crippen LogP contribution is 2.29. The van der Waals surface area contributed by atoms with Crippen molar-refractivity contribution in [3.05, 3.63) is 59.2 Å². The Morgan fingerprint density at radius 3 is 2.29 bits per heavy atom. The lowest BCUT2D eigenvalue weighted by Crippen LogP contribution is -2.49. The van der Waals surface area contributed by atoms with E-state index in [-0.39, 0.29) is 11.8 Å². The fraction of sp³-hybridized carbons (Fsp3) is 0.517. The van der Waals surface area contributed by atoms with Crippen LogP contribution in [0, 0.1) is 12.8 Å². The van der Waals surface area contributed by atoms with Gasteiger partial charge in [-0.05, 0) is 68.4 Å². The lowest BCUT2D eigenvalue weighted by atomic mass is 10.0. The van der Waals surface area contributed by atoms with Crippen LogP contribution in [0.4, 0.5) is 0 Å². The van der Waals surface area contributed by atoms with Gasteiger partial charge in [0.1, 0.15) is 6.04 Å². The van der Waals surface area contributed by atoms with Crippen molar-refractivity contribution in [3.63, 3.8) is 0 Å². The summed E-state index contributed by atoms with van der Waals surface area (Å²) >= 11 is 0. The molecule has 6 nitrogen and oxygen atoms in total. The zero-order valence-electron chi connectivity index (χ0n) is 22.2. The maximum atomic E-state index is 13.5. The number of carbonyl (C=O) groups excluding carboxylic acids is 2. The molecule has 0 aliphatic carbocycles. The van der Waals surface area contributed by atoms with Crippen LogP contribution >= 0.6 is 0 Å². The second-order valence-electron chi connectivity index (χ2n) is 9.16. The zero-order valence-corrected chi connectivity index (χ0v) is 22.2. The van der Waals surface area contributed by atoms with Crippen molar-refractivity contribution in [2.24, 2.45) is 5.92 Å². The maximum Gasteiger partial charge on any atom is 0.242 e. The minimum Gasteiger partial charge on any atom is -0.490 e. The quantitative estimate of drug-likeness (QED) is 0.397. The van der Waals surface area contributed by atoms with E-state index >= 15 is 0 Å². The Morgan fingerprint density at radius 1 is 0.971 bits per heavy atom. The van der Waals surface area contributed by atoms with E-state index < -0.39 is 6.04 Å². The zero-order chi connectivity index (χ0) is 25.8. The third kappa shape index (κ3) is 8.61. The van der Waals surface area contributed by atoms with Gasteiger partial charge in [-0.1, -0.05) is 51.1 Å². The van der Waals surface area contributed by atoms with Crippen molar-refractivity contribution in [1.82, 2.24) is 10.2 Å². The Hall–Kier alpha value is -3.02. The fourth-order valence-corrected chi connectivity index (χ4v) is 3.96. The SMILES string of the molecule is CCOc1ccc(CCC(=O)N(Cc2ccccc2C)[C@H](CC)C(=O)NCC(C)C)cc1OCC. The molecule has 0 spiro atoms. The minimum atomic E-state index is -0.514. The van der Waals surface area contributed by atoms with E-state index in [1.807, 2.05) is 70.2 Å². The maximum absolute atomic E-state index is 13.5. The monoisotopic (exact) mass is 482 g/mol. The smallest absolute Gasteiger partial charge is 0.242 e. The first-order chi connectivity index (χ1) is 16.8. The Kier molecular flexibility index (Phi) is 11.6. The van der Waals surface area contributed by atoms with Gasteiger partial charge in [0, 0.05) is 19.5 Å². The third-order valence-electron chi connectivity index (χ3n) is 5.91. The van der Waals surface area contributed by atoms with Gasteiger partial charge in [0.2, 0.25) is 11.8 Å². The second kappa shape index (κ2) is 14.4. The molecule has 0 unspecified atom stereocenters. The number of ether oxygens (including phenoxy) is 2. The van der Waals surface area contributed by atoms with Gasteiger partial charge < -0.3 is 19.7 Å². The lowest BCUT2D eigenvalue weighted by Gasteiger charge is -2.31. The lowest BCUT2D eigenvalue weighted by molar-refractivity contribution is -0.141. The summed E-state index contributed by atoms with van der Waals surface area (Å²) in [4.78, 5) is 28.3. The minimum absolute atomic E-state index is 0.0355. The molecule has 0 fully saturated rings. The molecule has 2 aromatic rings. The van der Waals surface area contributed by atoms with Crippen LogP contribution in [0.5, 0.6) is 11.5 Å². The van der Waals surface area contributed by atoms with Crippen LogP contribution in [-0.2, 0) is 22.6 Å². The van der Waals surface area contributed by atoms with Gasteiger partial charge in [0.05, 0.1) is 13.2 Å². The molecule has 192 valence electrons. The van der Waals surface area contributed by atoms with Crippen molar-refractivity contribution in [3.8, 4) is 11.5 Å². The summed E-state index contributed by atoms with van der Waals surface area (Å²) in [6.07, 6.45) is 1.41. The van der Waals surface area contributed by atoms with E-state index in [9.17, 15) is 9.59 Å². The van der Waals surface area contributed by atoms with Crippen LogP contribution in [0.15, 0.2) is 42.5 Å². The molecule has 2 aromatic carbocycles. The molecule has 0 saturated carbocycles. The van der Waals surface area contributed by atoms with Gasteiger partial charge in [-0.25, -0.2) is 0 Å². The Bertz CT molecular complexity index is 957. The summed E-state index contributed by atoms with van der Waals surface area (Å²) in [5, 5.41) is 3.02. The van der Waals surface area contributed by atoms with E-state index in [1.165, 1.54) is 0 Å². The van der Waals surface area contributed by atoms with E-state index in [0.29, 0.717) is 63.0 Å². The summed E-state index contributed by atoms with van der Waals surface area (Å²) in [6.45, 7) is 14.1. The first kappa shape index (κ1) is 28.2. The highest BCUT2D eigenvalue weighted by Gasteiger charge is 2.28. The highest BCUT2D eigenvalue weighted by atomic mass is 16.5.